The molecule has 0 spiro atoms. The third-order valence-corrected chi connectivity index (χ3v) is 4.79. The maximum absolute atomic E-state index is 12.8. The van der Waals surface area contributed by atoms with Gasteiger partial charge < -0.3 is 14.2 Å². The molecule has 1 aromatic carbocycles. The van der Waals surface area contributed by atoms with E-state index in [-0.39, 0.29) is 11.9 Å². The summed E-state index contributed by atoms with van der Waals surface area (Å²) < 4.78 is 7.37. The summed E-state index contributed by atoms with van der Waals surface area (Å²) in [6.07, 6.45) is 7.47. The first-order valence-corrected chi connectivity index (χ1v) is 8.60. The summed E-state index contributed by atoms with van der Waals surface area (Å²) in [5, 5.41) is 0. The van der Waals surface area contributed by atoms with Gasteiger partial charge in [-0.1, -0.05) is 12.1 Å². The minimum atomic E-state index is 0.158. The van der Waals surface area contributed by atoms with Crippen LogP contribution >= 0.6 is 0 Å². The van der Waals surface area contributed by atoms with Crippen molar-refractivity contribution in [2.75, 3.05) is 13.7 Å². The van der Waals surface area contributed by atoms with E-state index in [2.05, 4.69) is 17.1 Å². The molecular formula is C19H25N3O2. The van der Waals surface area contributed by atoms with Crippen molar-refractivity contribution < 1.29 is 9.53 Å². The minimum absolute atomic E-state index is 0.158. The summed E-state index contributed by atoms with van der Waals surface area (Å²) in [5.41, 5.74) is 1.17. The first-order valence-electron chi connectivity index (χ1n) is 8.60. The van der Waals surface area contributed by atoms with Crippen LogP contribution in [0, 0.1) is 6.92 Å². The fourth-order valence-corrected chi connectivity index (χ4v) is 3.43. The summed E-state index contributed by atoms with van der Waals surface area (Å²) in [6.45, 7) is 3.49. The van der Waals surface area contributed by atoms with Crippen LogP contribution in [-0.2, 0) is 11.3 Å². The van der Waals surface area contributed by atoms with E-state index in [9.17, 15) is 4.79 Å². The number of amides is 1. The first-order chi connectivity index (χ1) is 11.7. The molecule has 1 aliphatic heterocycles. The molecule has 2 aromatic rings. The standard InChI is InChI=1S/C19H25N3O2/c1-15-20-10-13-21(15)12-9-19(23)22-11-4-3-8-18(22)16-6-5-7-17(14-16)24-2/h5-7,10,13-14,18H,3-4,8-9,11-12H2,1-2H3/t18-/m1/s1. The number of piperidine rings is 1. The van der Waals surface area contributed by atoms with Crippen LogP contribution in [0.3, 0.4) is 0 Å². The number of likely N-dealkylation sites (tertiary alicyclic amines) is 1. The highest BCUT2D eigenvalue weighted by molar-refractivity contribution is 5.76. The van der Waals surface area contributed by atoms with Crippen LogP contribution in [0.4, 0.5) is 0 Å². The number of methoxy groups -OCH3 is 1. The molecule has 1 fully saturated rings. The van der Waals surface area contributed by atoms with E-state index in [0.717, 1.165) is 37.4 Å². The number of imidazole rings is 1. The van der Waals surface area contributed by atoms with Gasteiger partial charge in [-0.25, -0.2) is 4.98 Å². The molecule has 128 valence electrons. The highest BCUT2D eigenvalue weighted by atomic mass is 16.5. The van der Waals surface area contributed by atoms with E-state index in [4.69, 9.17) is 4.74 Å². The predicted octanol–water partition coefficient (Wildman–Crippen LogP) is 3.34. The van der Waals surface area contributed by atoms with Gasteiger partial charge in [-0.2, -0.15) is 0 Å². The molecule has 1 aromatic heterocycles. The third kappa shape index (κ3) is 3.61. The zero-order valence-corrected chi connectivity index (χ0v) is 14.4. The van der Waals surface area contributed by atoms with Crippen LogP contribution in [-0.4, -0.2) is 34.0 Å². The molecule has 0 unspecified atom stereocenters. The summed E-state index contributed by atoms with van der Waals surface area (Å²) in [7, 11) is 1.68. The summed E-state index contributed by atoms with van der Waals surface area (Å²) in [5.74, 6) is 2.01. The van der Waals surface area contributed by atoms with Gasteiger partial charge >= 0.3 is 0 Å². The topological polar surface area (TPSA) is 47.4 Å². The fourth-order valence-electron chi connectivity index (χ4n) is 3.43. The van der Waals surface area contributed by atoms with Crippen molar-refractivity contribution >= 4 is 5.91 Å². The number of hydrogen-bond donors (Lipinski definition) is 0. The van der Waals surface area contributed by atoms with E-state index in [1.54, 1.807) is 13.3 Å². The van der Waals surface area contributed by atoms with Crippen LogP contribution in [0.15, 0.2) is 36.7 Å². The third-order valence-electron chi connectivity index (χ3n) is 4.79. The summed E-state index contributed by atoms with van der Waals surface area (Å²) in [6, 6.07) is 8.25. The van der Waals surface area contributed by atoms with Crippen molar-refractivity contribution in [1.82, 2.24) is 14.5 Å². The first kappa shape index (κ1) is 16.6. The number of aryl methyl sites for hydroxylation is 2. The van der Waals surface area contributed by atoms with Crippen molar-refractivity contribution in [1.29, 1.82) is 0 Å². The molecular weight excluding hydrogens is 302 g/mol. The Morgan fingerprint density at radius 1 is 1.38 bits per heavy atom. The Labute approximate surface area is 143 Å². The number of nitrogens with zero attached hydrogens (tertiary/aromatic N) is 3. The van der Waals surface area contributed by atoms with Crippen LogP contribution in [0.25, 0.3) is 0 Å². The largest absolute Gasteiger partial charge is 0.497 e. The molecule has 2 heterocycles. The fraction of sp³-hybridized carbons (Fsp3) is 0.474. The van der Waals surface area contributed by atoms with E-state index in [0.29, 0.717) is 13.0 Å². The van der Waals surface area contributed by atoms with Crippen molar-refractivity contribution in [3.63, 3.8) is 0 Å². The molecule has 24 heavy (non-hydrogen) atoms. The van der Waals surface area contributed by atoms with Gasteiger partial charge in [0.2, 0.25) is 5.91 Å². The van der Waals surface area contributed by atoms with Crippen molar-refractivity contribution in [2.24, 2.45) is 0 Å². The Balaban J connectivity index is 1.71. The molecule has 0 N–H and O–H groups in total. The zero-order chi connectivity index (χ0) is 16.9. The van der Waals surface area contributed by atoms with Gasteiger partial charge in [0.15, 0.2) is 0 Å². The molecule has 1 amide bonds. The number of aromatic nitrogens is 2. The van der Waals surface area contributed by atoms with E-state index >= 15 is 0 Å². The molecule has 0 aliphatic carbocycles. The van der Waals surface area contributed by atoms with Crippen molar-refractivity contribution in [2.45, 2.75) is 45.2 Å². The van der Waals surface area contributed by atoms with E-state index in [1.807, 2.05) is 34.7 Å². The average Bonchev–Trinajstić information content (AvgIpc) is 3.04. The number of rotatable bonds is 5. The Bertz CT molecular complexity index is 695. The molecule has 1 atom stereocenters. The predicted molar refractivity (Wildman–Crippen MR) is 92.9 cm³/mol. The van der Waals surface area contributed by atoms with E-state index < -0.39 is 0 Å². The van der Waals surface area contributed by atoms with Crippen molar-refractivity contribution in [3.8, 4) is 5.75 Å². The Morgan fingerprint density at radius 3 is 3.00 bits per heavy atom. The lowest BCUT2D eigenvalue weighted by Gasteiger charge is -2.36. The molecule has 1 aliphatic rings. The number of carbonyl (C=O) groups is 1. The minimum Gasteiger partial charge on any atom is -0.497 e. The lowest BCUT2D eigenvalue weighted by Crippen LogP contribution is -2.38. The van der Waals surface area contributed by atoms with Gasteiger partial charge in [0.05, 0.1) is 13.2 Å². The summed E-state index contributed by atoms with van der Waals surface area (Å²) in [4.78, 5) is 19.1. The average molecular weight is 327 g/mol. The molecule has 0 bridgehead atoms. The number of benzene rings is 1. The SMILES string of the molecule is COc1cccc([C@H]2CCCCN2C(=O)CCn2ccnc2C)c1. The Morgan fingerprint density at radius 2 is 2.25 bits per heavy atom. The van der Waals surface area contributed by atoms with Crippen LogP contribution in [0.5, 0.6) is 5.75 Å². The normalized spacial score (nSPS) is 17.8. The number of carbonyl (C=O) groups excluding carboxylic acids is 1. The summed E-state index contributed by atoms with van der Waals surface area (Å²) >= 11 is 0. The highest BCUT2D eigenvalue weighted by Gasteiger charge is 2.27. The van der Waals surface area contributed by atoms with Crippen LogP contribution < -0.4 is 4.74 Å². The smallest absolute Gasteiger partial charge is 0.224 e. The quantitative estimate of drug-likeness (QED) is 0.846. The molecule has 0 saturated carbocycles. The number of ether oxygens (including phenoxy) is 1. The van der Waals surface area contributed by atoms with Gasteiger partial charge in [0, 0.05) is 31.9 Å². The molecule has 5 heteroatoms. The van der Waals surface area contributed by atoms with Gasteiger partial charge in [0.1, 0.15) is 11.6 Å². The molecule has 1 saturated heterocycles. The second kappa shape index (κ2) is 7.51. The van der Waals surface area contributed by atoms with Gasteiger partial charge in [-0.05, 0) is 43.9 Å². The van der Waals surface area contributed by atoms with Crippen LogP contribution in [0.2, 0.25) is 0 Å². The lowest BCUT2D eigenvalue weighted by molar-refractivity contribution is -0.135. The zero-order valence-electron chi connectivity index (χ0n) is 14.4. The molecule has 3 rings (SSSR count). The maximum Gasteiger partial charge on any atom is 0.224 e. The second-order valence-corrected chi connectivity index (χ2v) is 6.29. The monoisotopic (exact) mass is 327 g/mol. The lowest BCUT2D eigenvalue weighted by atomic mass is 9.94. The Kier molecular flexibility index (Phi) is 5.18. The highest BCUT2D eigenvalue weighted by Crippen LogP contribution is 2.33. The molecule has 5 nitrogen and oxygen atoms in total. The van der Waals surface area contributed by atoms with Crippen LogP contribution in [0.1, 0.15) is 43.1 Å². The van der Waals surface area contributed by atoms with E-state index in [1.165, 1.54) is 5.56 Å². The second-order valence-electron chi connectivity index (χ2n) is 6.29. The van der Waals surface area contributed by atoms with Crippen molar-refractivity contribution in [3.05, 3.63) is 48.0 Å². The maximum atomic E-state index is 12.8. The molecule has 0 radical (unpaired) electrons. The van der Waals surface area contributed by atoms with Gasteiger partial charge in [-0.15, -0.1) is 0 Å². The van der Waals surface area contributed by atoms with Gasteiger partial charge in [-0.3, -0.25) is 4.79 Å². The number of hydrogen-bond acceptors (Lipinski definition) is 3. The Hall–Kier alpha value is -2.30. The van der Waals surface area contributed by atoms with Gasteiger partial charge in [0.25, 0.3) is 0 Å².